The van der Waals surface area contributed by atoms with Crippen LogP contribution in [0.2, 0.25) is 0 Å². The van der Waals surface area contributed by atoms with Crippen LogP contribution in [0.25, 0.3) is 10.8 Å². The van der Waals surface area contributed by atoms with E-state index in [0.717, 1.165) is 17.1 Å². The van der Waals surface area contributed by atoms with E-state index in [4.69, 9.17) is 4.74 Å². The van der Waals surface area contributed by atoms with Crippen molar-refractivity contribution in [2.24, 2.45) is 0 Å². The third-order valence-electron chi connectivity index (χ3n) is 2.62. The summed E-state index contributed by atoms with van der Waals surface area (Å²) in [5, 5.41) is 1.98. The molecule has 0 fully saturated rings. The molecular formula is C15H14O2. The minimum Gasteiger partial charge on any atom is -0.489 e. The Kier molecular flexibility index (Phi) is 3.55. The molecule has 0 aliphatic rings. The van der Waals surface area contributed by atoms with E-state index in [1.54, 1.807) is 0 Å². The molecule has 17 heavy (non-hydrogen) atoms. The van der Waals surface area contributed by atoms with Gasteiger partial charge in [-0.05, 0) is 23.8 Å². The minimum atomic E-state index is 0.482. The van der Waals surface area contributed by atoms with Gasteiger partial charge in [0.25, 0.3) is 0 Å². The van der Waals surface area contributed by atoms with Gasteiger partial charge in [0, 0.05) is 0 Å². The van der Waals surface area contributed by atoms with Gasteiger partial charge in [0.2, 0.25) is 0 Å². The Morgan fingerprint density at radius 1 is 1.18 bits per heavy atom. The Morgan fingerprint density at radius 2 is 2.00 bits per heavy atom. The molecule has 0 spiro atoms. The fourth-order valence-corrected chi connectivity index (χ4v) is 1.76. The zero-order valence-electron chi connectivity index (χ0n) is 9.72. The third-order valence-corrected chi connectivity index (χ3v) is 2.62. The van der Waals surface area contributed by atoms with Gasteiger partial charge in [-0.2, -0.15) is 0 Å². The van der Waals surface area contributed by atoms with Gasteiger partial charge in [0.05, 0.1) is 5.56 Å². The topological polar surface area (TPSA) is 26.3 Å². The smallest absolute Gasteiger partial charge is 0.154 e. The van der Waals surface area contributed by atoms with E-state index >= 15 is 0 Å². The summed E-state index contributed by atoms with van der Waals surface area (Å²) in [5.74, 6) is 0.636. The standard InChI is InChI=1S/C15H14O2/c1-2-3-10-17-15-9-8-12-6-4-5-7-13(12)14(15)11-16/h2-9,11H,10H2,1H3/b3-2+. The molecule has 2 aromatic rings. The van der Waals surface area contributed by atoms with Crippen molar-refractivity contribution >= 4 is 17.1 Å². The van der Waals surface area contributed by atoms with Crippen LogP contribution in [0.1, 0.15) is 17.3 Å². The summed E-state index contributed by atoms with van der Waals surface area (Å²) in [7, 11) is 0. The molecule has 0 aliphatic carbocycles. The molecule has 0 radical (unpaired) electrons. The van der Waals surface area contributed by atoms with Gasteiger partial charge >= 0.3 is 0 Å². The first-order chi connectivity index (χ1) is 8.36. The van der Waals surface area contributed by atoms with Crippen LogP contribution in [-0.4, -0.2) is 12.9 Å². The average molecular weight is 226 g/mol. The van der Waals surface area contributed by atoms with E-state index in [9.17, 15) is 4.79 Å². The number of benzene rings is 2. The summed E-state index contributed by atoms with van der Waals surface area (Å²) in [6, 6.07) is 11.6. The lowest BCUT2D eigenvalue weighted by Gasteiger charge is -2.08. The van der Waals surface area contributed by atoms with Crippen LogP contribution in [-0.2, 0) is 0 Å². The maximum Gasteiger partial charge on any atom is 0.154 e. The molecule has 2 heteroatoms. The number of fused-ring (bicyclic) bond motifs is 1. The number of carbonyl (C=O) groups is 1. The van der Waals surface area contributed by atoms with Crippen LogP contribution in [0.5, 0.6) is 5.75 Å². The first kappa shape index (κ1) is 11.4. The molecule has 0 heterocycles. The summed E-state index contributed by atoms with van der Waals surface area (Å²) in [4.78, 5) is 11.2. The molecule has 0 aromatic heterocycles. The Morgan fingerprint density at radius 3 is 2.76 bits per heavy atom. The average Bonchev–Trinajstić information content (AvgIpc) is 2.38. The lowest BCUT2D eigenvalue weighted by molar-refractivity contribution is 0.112. The van der Waals surface area contributed by atoms with Crippen molar-refractivity contribution in [1.29, 1.82) is 0 Å². The van der Waals surface area contributed by atoms with Crippen molar-refractivity contribution in [3.05, 3.63) is 54.1 Å². The van der Waals surface area contributed by atoms with E-state index < -0.39 is 0 Å². The Balaban J connectivity index is 2.45. The molecule has 0 saturated heterocycles. The summed E-state index contributed by atoms with van der Waals surface area (Å²) >= 11 is 0. The van der Waals surface area contributed by atoms with Crippen molar-refractivity contribution < 1.29 is 9.53 Å². The van der Waals surface area contributed by atoms with Crippen LogP contribution in [0, 0.1) is 0 Å². The lowest BCUT2D eigenvalue weighted by atomic mass is 10.0. The normalized spacial score (nSPS) is 10.9. The molecule has 0 unspecified atom stereocenters. The fraction of sp³-hybridized carbons (Fsp3) is 0.133. The van der Waals surface area contributed by atoms with Crippen molar-refractivity contribution in [3.8, 4) is 5.75 Å². The molecule has 2 nitrogen and oxygen atoms in total. The number of aldehydes is 1. The van der Waals surface area contributed by atoms with Crippen LogP contribution in [0.3, 0.4) is 0 Å². The van der Waals surface area contributed by atoms with Gasteiger partial charge in [-0.15, -0.1) is 0 Å². The summed E-state index contributed by atoms with van der Waals surface area (Å²) in [6.45, 7) is 2.42. The highest BCUT2D eigenvalue weighted by Crippen LogP contribution is 2.26. The molecule has 2 rings (SSSR count). The number of hydrogen-bond donors (Lipinski definition) is 0. The molecular weight excluding hydrogens is 212 g/mol. The SMILES string of the molecule is C/C=C/COc1ccc2ccccc2c1C=O. The molecule has 0 atom stereocenters. The molecule has 2 aromatic carbocycles. The van der Waals surface area contributed by atoms with Gasteiger partial charge < -0.3 is 4.74 Å². The Hall–Kier alpha value is -2.09. The van der Waals surface area contributed by atoms with E-state index in [-0.39, 0.29) is 0 Å². The number of ether oxygens (including phenoxy) is 1. The monoisotopic (exact) mass is 226 g/mol. The Bertz CT molecular complexity index is 556. The van der Waals surface area contributed by atoms with Gasteiger partial charge in [-0.1, -0.05) is 42.5 Å². The molecule has 0 N–H and O–H groups in total. The van der Waals surface area contributed by atoms with Crippen molar-refractivity contribution in [2.75, 3.05) is 6.61 Å². The molecule has 0 aliphatic heterocycles. The first-order valence-corrected chi connectivity index (χ1v) is 5.57. The lowest BCUT2D eigenvalue weighted by Crippen LogP contribution is -1.97. The quantitative estimate of drug-likeness (QED) is 0.588. The summed E-state index contributed by atoms with van der Waals surface area (Å²) < 4.78 is 5.56. The highest BCUT2D eigenvalue weighted by Gasteiger charge is 2.06. The van der Waals surface area contributed by atoms with Crippen molar-refractivity contribution in [1.82, 2.24) is 0 Å². The summed E-state index contributed by atoms with van der Waals surface area (Å²) in [6.07, 6.45) is 4.68. The Labute approximate surface area is 101 Å². The van der Waals surface area contributed by atoms with Crippen LogP contribution in [0.4, 0.5) is 0 Å². The number of rotatable bonds is 4. The summed E-state index contributed by atoms with van der Waals surface area (Å²) in [5.41, 5.74) is 0.618. The van der Waals surface area contributed by atoms with Gasteiger partial charge in [0.1, 0.15) is 12.4 Å². The second-order valence-electron chi connectivity index (χ2n) is 3.70. The van der Waals surface area contributed by atoms with Gasteiger partial charge in [0.15, 0.2) is 6.29 Å². The number of hydrogen-bond acceptors (Lipinski definition) is 2. The van der Waals surface area contributed by atoms with E-state index in [0.29, 0.717) is 17.9 Å². The van der Waals surface area contributed by atoms with Crippen molar-refractivity contribution in [3.63, 3.8) is 0 Å². The van der Waals surface area contributed by atoms with Crippen LogP contribution < -0.4 is 4.74 Å². The molecule has 86 valence electrons. The largest absolute Gasteiger partial charge is 0.489 e. The maximum atomic E-state index is 11.2. The fourth-order valence-electron chi connectivity index (χ4n) is 1.76. The number of allylic oxidation sites excluding steroid dienone is 1. The first-order valence-electron chi connectivity index (χ1n) is 5.57. The highest BCUT2D eigenvalue weighted by atomic mass is 16.5. The van der Waals surface area contributed by atoms with Crippen LogP contribution in [0.15, 0.2) is 48.6 Å². The highest BCUT2D eigenvalue weighted by molar-refractivity contribution is 6.00. The predicted octanol–water partition coefficient (Wildman–Crippen LogP) is 3.61. The van der Waals surface area contributed by atoms with E-state index in [2.05, 4.69) is 0 Å². The molecule has 0 saturated carbocycles. The third kappa shape index (κ3) is 2.36. The molecule has 0 bridgehead atoms. The van der Waals surface area contributed by atoms with Crippen LogP contribution >= 0.6 is 0 Å². The maximum absolute atomic E-state index is 11.2. The van der Waals surface area contributed by atoms with E-state index in [1.165, 1.54) is 0 Å². The molecule has 0 amide bonds. The zero-order valence-corrected chi connectivity index (χ0v) is 9.72. The second-order valence-corrected chi connectivity index (χ2v) is 3.70. The van der Waals surface area contributed by atoms with Crippen molar-refractivity contribution in [2.45, 2.75) is 6.92 Å². The second kappa shape index (κ2) is 5.30. The van der Waals surface area contributed by atoms with E-state index in [1.807, 2.05) is 55.5 Å². The minimum absolute atomic E-state index is 0.482. The predicted molar refractivity (Wildman–Crippen MR) is 69.6 cm³/mol. The van der Waals surface area contributed by atoms with Gasteiger partial charge in [-0.25, -0.2) is 0 Å². The number of carbonyl (C=O) groups excluding carboxylic acids is 1. The van der Waals surface area contributed by atoms with Gasteiger partial charge in [-0.3, -0.25) is 4.79 Å². The zero-order chi connectivity index (χ0) is 12.1.